The minimum atomic E-state index is -0.0959. The number of rotatable bonds is 1. The van der Waals surface area contributed by atoms with E-state index in [1.54, 1.807) is 11.8 Å². The van der Waals surface area contributed by atoms with Crippen LogP contribution in [0.15, 0.2) is 17.0 Å². The number of aliphatic hydroxyl groups excluding tert-OH is 1. The minimum Gasteiger partial charge on any atom is -0.507 e. The molecule has 2 fully saturated rings. The van der Waals surface area contributed by atoms with Gasteiger partial charge in [0.25, 0.3) is 0 Å². The van der Waals surface area contributed by atoms with Gasteiger partial charge in [0.1, 0.15) is 5.75 Å². The van der Waals surface area contributed by atoms with Crippen LogP contribution in [0.5, 0.6) is 5.75 Å². The fraction of sp³-hybridized carbons (Fsp3) is 0.684. The average molecular weight is 318 g/mol. The second kappa shape index (κ2) is 5.17. The van der Waals surface area contributed by atoms with Gasteiger partial charge < -0.3 is 10.2 Å². The van der Waals surface area contributed by atoms with Crippen molar-refractivity contribution < 1.29 is 10.2 Å². The van der Waals surface area contributed by atoms with Crippen LogP contribution in [0.2, 0.25) is 0 Å². The first-order chi connectivity index (χ1) is 10.5. The summed E-state index contributed by atoms with van der Waals surface area (Å²) in [6, 6.07) is 4.26. The molecule has 2 saturated carbocycles. The Morgan fingerprint density at radius 3 is 2.77 bits per heavy atom. The van der Waals surface area contributed by atoms with E-state index in [1.807, 2.05) is 12.3 Å². The maximum atomic E-state index is 10.5. The Balaban J connectivity index is 1.72. The molecular weight excluding hydrogens is 292 g/mol. The summed E-state index contributed by atoms with van der Waals surface area (Å²) in [5.41, 5.74) is 3.00. The largest absolute Gasteiger partial charge is 0.507 e. The quantitative estimate of drug-likeness (QED) is 0.757. The Morgan fingerprint density at radius 2 is 2.00 bits per heavy atom. The highest BCUT2D eigenvalue weighted by molar-refractivity contribution is 7.98. The summed E-state index contributed by atoms with van der Waals surface area (Å²) in [6.45, 7) is 2.32. The Kier molecular flexibility index (Phi) is 3.50. The zero-order valence-corrected chi connectivity index (χ0v) is 14.3. The number of aryl methyl sites for hydroxylation is 1. The SMILES string of the molecule is CSc1cc2c(cc1O)CCC1C2CC[C@@]2(C)C1CC[C@@H]2O. The molecule has 2 nitrogen and oxygen atoms in total. The second-order valence-electron chi connectivity index (χ2n) is 7.78. The van der Waals surface area contributed by atoms with Crippen molar-refractivity contribution in [1.29, 1.82) is 0 Å². The lowest BCUT2D eigenvalue weighted by Crippen LogP contribution is -2.43. The van der Waals surface area contributed by atoms with E-state index in [0.717, 1.165) is 30.1 Å². The molecule has 0 spiro atoms. The van der Waals surface area contributed by atoms with E-state index in [4.69, 9.17) is 0 Å². The molecule has 1 aromatic carbocycles. The summed E-state index contributed by atoms with van der Waals surface area (Å²) in [5.74, 6) is 2.49. The Bertz CT molecular complexity index is 599. The predicted octanol–water partition coefficient (Wildman–Crippen LogP) is 4.33. The lowest BCUT2D eigenvalue weighted by Gasteiger charge is -2.50. The van der Waals surface area contributed by atoms with Gasteiger partial charge in [-0.05, 0) is 91.2 Å². The Labute approximate surface area is 137 Å². The lowest BCUT2D eigenvalue weighted by atomic mass is 9.55. The van der Waals surface area contributed by atoms with Gasteiger partial charge in [0.2, 0.25) is 0 Å². The Morgan fingerprint density at radius 1 is 1.18 bits per heavy atom. The van der Waals surface area contributed by atoms with E-state index in [2.05, 4.69) is 13.0 Å². The molecule has 0 aromatic heterocycles. The highest BCUT2D eigenvalue weighted by atomic mass is 32.2. The number of phenols is 1. The molecule has 22 heavy (non-hydrogen) atoms. The molecule has 0 bridgehead atoms. The van der Waals surface area contributed by atoms with Crippen molar-refractivity contribution in [2.75, 3.05) is 6.26 Å². The smallest absolute Gasteiger partial charge is 0.129 e. The first-order valence-electron chi connectivity index (χ1n) is 8.62. The molecule has 0 heterocycles. The van der Waals surface area contributed by atoms with Crippen LogP contribution in [-0.2, 0) is 6.42 Å². The average Bonchev–Trinajstić information content (AvgIpc) is 2.82. The standard InChI is InChI=1S/C19H26O2S/c1-19-8-7-12-13(15(19)5-6-18(19)21)4-3-11-9-16(20)17(22-2)10-14(11)12/h9-10,12-13,15,18,20-21H,3-8H2,1-2H3/t12?,13?,15?,18-,19-/m0/s1. The van der Waals surface area contributed by atoms with E-state index in [9.17, 15) is 10.2 Å². The van der Waals surface area contributed by atoms with E-state index >= 15 is 0 Å². The summed E-state index contributed by atoms with van der Waals surface area (Å²) < 4.78 is 0. The van der Waals surface area contributed by atoms with Crippen molar-refractivity contribution in [3.8, 4) is 5.75 Å². The molecule has 120 valence electrons. The van der Waals surface area contributed by atoms with Gasteiger partial charge in [-0.25, -0.2) is 0 Å². The van der Waals surface area contributed by atoms with Gasteiger partial charge in [-0.2, -0.15) is 0 Å². The molecule has 3 aliphatic carbocycles. The number of aliphatic hydroxyl groups is 1. The molecule has 0 radical (unpaired) electrons. The monoisotopic (exact) mass is 318 g/mol. The molecule has 0 amide bonds. The van der Waals surface area contributed by atoms with Crippen molar-refractivity contribution >= 4 is 11.8 Å². The van der Waals surface area contributed by atoms with Crippen LogP contribution in [0, 0.1) is 17.3 Å². The first kappa shape index (κ1) is 14.9. The second-order valence-corrected chi connectivity index (χ2v) is 8.62. The molecule has 3 unspecified atom stereocenters. The lowest BCUT2D eigenvalue weighted by molar-refractivity contribution is -0.0226. The number of hydrogen-bond donors (Lipinski definition) is 2. The van der Waals surface area contributed by atoms with Gasteiger partial charge >= 0.3 is 0 Å². The molecule has 4 rings (SSSR count). The zero-order chi connectivity index (χ0) is 15.5. The summed E-state index contributed by atoms with van der Waals surface area (Å²) in [7, 11) is 0. The summed E-state index contributed by atoms with van der Waals surface area (Å²) >= 11 is 1.64. The van der Waals surface area contributed by atoms with Gasteiger partial charge in [-0.15, -0.1) is 11.8 Å². The van der Waals surface area contributed by atoms with E-state index in [0.29, 0.717) is 17.6 Å². The van der Waals surface area contributed by atoms with Crippen molar-refractivity contribution in [3.05, 3.63) is 23.3 Å². The topological polar surface area (TPSA) is 40.5 Å². The van der Waals surface area contributed by atoms with Crippen LogP contribution in [0.4, 0.5) is 0 Å². The highest BCUT2D eigenvalue weighted by Crippen LogP contribution is 2.61. The molecule has 0 aliphatic heterocycles. The number of benzene rings is 1. The fourth-order valence-electron chi connectivity index (χ4n) is 5.72. The molecule has 2 N–H and O–H groups in total. The highest BCUT2D eigenvalue weighted by Gasteiger charge is 2.54. The third-order valence-electron chi connectivity index (χ3n) is 6.97. The third-order valence-corrected chi connectivity index (χ3v) is 7.74. The van der Waals surface area contributed by atoms with Gasteiger partial charge in [-0.3, -0.25) is 0 Å². The van der Waals surface area contributed by atoms with E-state index < -0.39 is 0 Å². The number of hydrogen-bond acceptors (Lipinski definition) is 3. The minimum absolute atomic E-state index is 0.0959. The van der Waals surface area contributed by atoms with Gasteiger partial charge in [-0.1, -0.05) is 6.92 Å². The number of aromatic hydroxyl groups is 1. The third kappa shape index (κ3) is 1.98. The van der Waals surface area contributed by atoms with Crippen LogP contribution < -0.4 is 0 Å². The summed E-state index contributed by atoms with van der Waals surface area (Å²) in [5, 5.41) is 20.6. The molecule has 0 saturated heterocycles. The van der Waals surface area contributed by atoms with Crippen LogP contribution in [-0.4, -0.2) is 22.6 Å². The fourth-order valence-corrected chi connectivity index (χ4v) is 6.24. The molecule has 3 aliphatic rings. The van der Waals surface area contributed by atoms with Gasteiger partial charge in [0.05, 0.1) is 6.10 Å². The number of fused-ring (bicyclic) bond motifs is 5. The molecule has 5 atom stereocenters. The van der Waals surface area contributed by atoms with Gasteiger partial charge in [0, 0.05) is 4.90 Å². The predicted molar refractivity (Wildman–Crippen MR) is 90.5 cm³/mol. The molecule has 1 aromatic rings. The maximum Gasteiger partial charge on any atom is 0.129 e. The van der Waals surface area contributed by atoms with Crippen LogP contribution in [0.3, 0.4) is 0 Å². The first-order valence-corrected chi connectivity index (χ1v) is 9.85. The number of thioether (sulfide) groups is 1. The Hall–Kier alpha value is -0.670. The van der Waals surface area contributed by atoms with E-state index in [-0.39, 0.29) is 11.5 Å². The normalized spacial score (nSPS) is 40.0. The van der Waals surface area contributed by atoms with Crippen molar-refractivity contribution in [2.24, 2.45) is 17.3 Å². The van der Waals surface area contributed by atoms with Crippen LogP contribution in [0.1, 0.15) is 56.1 Å². The number of phenolic OH excluding ortho intramolecular Hbond substituents is 1. The van der Waals surface area contributed by atoms with Crippen LogP contribution >= 0.6 is 11.8 Å². The maximum absolute atomic E-state index is 10.5. The van der Waals surface area contributed by atoms with Gasteiger partial charge in [0.15, 0.2) is 0 Å². The van der Waals surface area contributed by atoms with E-state index in [1.165, 1.54) is 30.4 Å². The zero-order valence-electron chi connectivity index (χ0n) is 13.5. The van der Waals surface area contributed by atoms with Crippen molar-refractivity contribution in [1.82, 2.24) is 0 Å². The van der Waals surface area contributed by atoms with Crippen molar-refractivity contribution in [3.63, 3.8) is 0 Å². The summed E-state index contributed by atoms with van der Waals surface area (Å²) in [4.78, 5) is 1.01. The van der Waals surface area contributed by atoms with Crippen LogP contribution in [0.25, 0.3) is 0 Å². The van der Waals surface area contributed by atoms with Crippen molar-refractivity contribution in [2.45, 2.75) is 62.4 Å². The molecular formula is C19H26O2S. The molecule has 3 heteroatoms. The summed E-state index contributed by atoms with van der Waals surface area (Å²) in [6.07, 6.45) is 8.78.